The lowest BCUT2D eigenvalue weighted by atomic mass is 10.1. The third-order valence-electron chi connectivity index (χ3n) is 4.26. The molecule has 0 aliphatic rings. The van der Waals surface area contributed by atoms with Gasteiger partial charge in [-0.25, -0.2) is 4.98 Å². The normalized spacial score (nSPS) is 11.1. The Morgan fingerprint density at radius 2 is 2.03 bits per heavy atom. The molecule has 0 radical (unpaired) electrons. The summed E-state index contributed by atoms with van der Waals surface area (Å²) in [6.07, 6.45) is 1.55. The van der Waals surface area contributed by atoms with E-state index in [1.807, 2.05) is 43.5 Å². The molecule has 0 unspecified atom stereocenters. The van der Waals surface area contributed by atoms with E-state index in [1.54, 1.807) is 12.1 Å². The second-order valence-electron chi connectivity index (χ2n) is 6.57. The van der Waals surface area contributed by atoms with Crippen molar-refractivity contribution in [2.45, 2.75) is 20.5 Å². The SMILES string of the molecule is COc1cc(/C=C(/C#N)c2nc(C)cs2)cc([N+](=O)[O-])c1OCc1ccc(C)cc1. The molecule has 0 atom stereocenters. The van der Waals surface area contributed by atoms with Crippen molar-refractivity contribution in [3.63, 3.8) is 0 Å². The molecule has 30 heavy (non-hydrogen) atoms. The molecule has 1 aromatic heterocycles. The summed E-state index contributed by atoms with van der Waals surface area (Å²) in [5.41, 5.74) is 3.33. The molecule has 0 N–H and O–H groups in total. The molecular weight excluding hydrogens is 402 g/mol. The predicted molar refractivity (Wildman–Crippen MR) is 115 cm³/mol. The molecule has 2 aromatic carbocycles. The lowest BCUT2D eigenvalue weighted by molar-refractivity contribution is -0.386. The monoisotopic (exact) mass is 421 g/mol. The van der Waals surface area contributed by atoms with Crippen molar-refractivity contribution in [1.82, 2.24) is 4.98 Å². The molecule has 0 aliphatic carbocycles. The minimum atomic E-state index is -0.524. The number of nitrogens with zero attached hydrogens (tertiary/aromatic N) is 3. The first kappa shape index (κ1) is 21.0. The number of hydrogen-bond acceptors (Lipinski definition) is 7. The van der Waals surface area contributed by atoms with E-state index >= 15 is 0 Å². The van der Waals surface area contributed by atoms with E-state index in [0.29, 0.717) is 16.1 Å². The van der Waals surface area contributed by atoms with Gasteiger partial charge < -0.3 is 9.47 Å². The quantitative estimate of drug-likeness (QED) is 0.291. The van der Waals surface area contributed by atoms with Crippen LogP contribution in [0.3, 0.4) is 0 Å². The smallest absolute Gasteiger partial charge is 0.315 e. The third kappa shape index (κ3) is 4.82. The van der Waals surface area contributed by atoms with E-state index in [0.717, 1.165) is 16.8 Å². The maximum Gasteiger partial charge on any atom is 0.315 e. The van der Waals surface area contributed by atoms with Crippen LogP contribution in [0.15, 0.2) is 41.8 Å². The van der Waals surface area contributed by atoms with E-state index in [9.17, 15) is 15.4 Å². The number of nitro benzene ring substituents is 1. The van der Waals surface area contributed by atoms with Crippen LogP contribution in [0, 0.1) is 35.3 Å². The number of allylic oxidation sites excluding steroid dienone is 1. The van der Waals surface area contributed by atoms with Gasteiger partial charge in [0.2, 0.25) is 5.75 Å². The largest absolute Gasteiger partial charge is 0.493 e. The highest BCUT2D eigenvalue weighted by molar-refractivity contribution is 7.11. The van der Waals surface area contributed by atoms with Crippen LogP contribution in [-0.2, 0) is 6.61 Å². The molecule has 7 nitrogen and oxygen atoms in total. The fraction of sp³-hybridized carbons (Fsp3) is 0.182. The fourth-order valence-corrected chi connectivity index (χ4v) is 3.51. The van der Waals surface area contributed by atoms with Gasteiger partial charge in [-0.05, 0) is 37.1 Å². The van der Waals surface area contributed by atoms with Crippen molar-refractivity contribution in [3.05, 3.63) is 79.3 Å². The number of nitro groups is 1. The highest BCUT2D eigenvalue weighted by atomic mass is 32.1. The zero-order valence-electron chi connectivity index (χ0n) is 16.7. The number of thiazole rings is 1. The molecule has 152 valence electrons. The van der Waals surface area contributed by atoms with Crippen LogP contribution in [0.2, 0.25) is 0 Å². The number of hydrogen-bond donors (Lipinski definition) is 0. The number of rotatable bonds is 7. The summed E-state index contributed by atoms with van der Waals surface area (Å²) in [6, 6.07) is 12.8. The third-order valence-corrected chi connectivity index (χ3v) is 5.25. The van der Waals surface area contributed by atoms with Crippen LogP contribution >= 0.6 is 11.3 Å². The van der Waals surface area contributed by atoms with Gasteiger partial charge in [-0.2, -0.15) is 5.26 Å². The molecule has 3 aromatic rings. The van der Waals surface area contributed by atoms with Gasteiger partial charge in [0.15, 0.2) is 5.75 Å². The molecular formula is C22H19N3O4S. The van der Waals surface area contributed by atoms with Crippen LogP contribution in [0.25, 0.3) is 11.6 Å². The van der Waals surface area contributed by atoms with Gasteiger partial charge in [-0.1, -0.05) is 29.8 Å². The van der Waals surface area contributed by atoms with Gasteiger partial charge in [-0.15, -0.1) is 11.3 Å². The van der Waals surface area contributed by atoms with E-state index in [2.05, 4.69) is 11.1 Å². The van der Waals surface area contributed by atoms with E-state index in [-0.39, 0.29) is 23.8 Å². The zero-order valence-corrected chi connectivity index (χ0v) is 17.5. The minimum Gasteiger partial charge on any atom is -0.493 e. The van der Waals surface area contributed by atoms with Gasteiger partial charge in [0, 0.05) is 17.1 Å². The molecule has 3 rings (SSSR count). The Labute approximate surface area is 178 Å². The summed E-state index contributed by atoms with van der Waals surface area (Å²) >= 11 is 1.34. The van der Waals surface area contributed by atoms with Crippen LogP contribution in [0.1, 0.15) is 27.4 Å². The number of nitriles is 1. The highest BCUT2D eigenvalue weighted by Gasteiger charge is 2.22. The molecule has 1 heterocycles. The zero-order chi connectivity index (χ0) is 21.7. The summed E-state index contributed by atoms with van der Waals surface area (Å²) in [6.45, 7) is 3.98. The maximum absolute atomic E-state index is 11.7. The molecule has 0 aliphatic heterocycles. The van der Waals surface area contributed by atoms with Crippen molar-refractivity contribution < 1.29 is 14.4 Å². The first-order valence-electron chi connectivity index (χ1n) is 9.00. The Kier molecular flexibility index (Phi) is 6.45. The predicted octanol–water partition coefficient (Wildman–Crippen LogP) is 5.32. The van der Waals surface area contributed by atoms with Crippen LogP contribution in [0.5, 0.6) is 11.5 Å². The molecule has 0 saturated carbocycles. The Bertz CT molecular complexity index is 1140. The van der Waals surface area contributed by atoms with Gasteiger partial charge in [-0.3, -0.25) is 10.1 Å². The van der Waals surface area contributed by atoms with Gasteiger partial charge >= 0.3 is 5.69 Å². The fourth-order valence-electron chi connectivity index (χ4n) is 2.75. The molecule has 8 heteroatoms. The van der Waals surface area contributed by atoms with Gasteiger partial charge in [0.05, 0.1) is 17.6 Å². The number of aromatic nitrogens is 1. The number of aryl methyl sites for hydroxylation is 2. The molecule has 0 amide bonds. The Morgan fingerprint density at radius 3 is 2.60 bits per heavy atom. The van der Waals surface area contributed by atoms with Crippen molar-refractivity contribution in [2.24, 2.45) is 0 Å². The molecule has 0 fully saturated rings. The maximum atomic E-state index is 11.7. The van der Waals surface area contributed by atoms with Crippen molar-refractivity contribution in [3.8, 4) is 17.6 Å². The van der Waals surface area contributed by atoms with Crippen molar-refractivity contribution in [1.29, 1.82) is 5.26 Å². The number of benzene rings is 2. The second-order valence-corrected chi connectivity index (χ2v) is 7.42. The molecule has 0 saturated heterocycles. The average molecular weight is 421 g/mol. The number of ether oxygens (including phenoxy) is 2. The standard InChI is InChI=1S/C22H19N3O4S/c1-14-4-6-16(7-5-14)12-29-21-19(25(26)27)9-17(10-20(21)28-3)8-18(11-23)22-24-15(2)13-30-22/h4-10,13H,12H2,1-3H3/b18-8-. The minimum absolute atomic E-state index is 0.0452. The van der Waals surface area contributed by atoms with Gasteiger partial charge in [0.1, 0.15) is 17.7 Å². The summed E-state index contributed by atoms with van der Waals surface area (Å²) in [7, 11) is 1.42. The van der Waals surface area contributed by atoms with Crippen LogP contribution in [0.4, 0.5) is 5.69 Å². The van der Waals surface area contributed by atoms with E-state index < -0.39 is 4.92 Å². The van der Waals surface area contributed by atoms with Crippen LogP contribution < -0.4 is 9.47 Å². The summed E-state index contributed by atoms with van der Waals surface area (Å²) < 4.78 is 11.1. The summed E-state index contributed by atoms with van der Waals surface area (Å²) in [4.78, 5) is 15.5. The van der Waals surface area contributed by atoms with Crippen molar-refractivity contribution in [2.75, 3.05) is 7.11 Å². The Hall–Kier alpha value is -3.70. The molecule has 0 spiro atoms. The van der Waals surface area contributed by atoms with Crippen molar-refractivity contribution >= 4 is 28.7 Å². The average Bonchev–Trinajstić information content (AvgIpc) is 3.17. The lowest BCUT2D eigenvalue weighted by Gasteiger charge is -2.12. The first-order chi connectivity index (χ1) is 14.4. The number of methoxy groups -OCH3 is 1. The van der Waals surface area contributed by atoms with E-state index in [4.69, 9.17) is 9.47 Å². The second kappa shape index (κ2) is 9.20. The Morgan fingerprint density at radius 1 is 1.30 bits per heavy atom. The van der Waals surface area contributed by atoms with Gasteiger partial charge in [0.25, 0.3) is 0 Å². The summed E-state index contributed by atoms with van der Waals surface area (Å²) in [5, 5.41) is 23.6. The first-order valence-corrected chi connectivity index (χ1v) is 9.88. The Balaban J connectivity index is 1.98. The van der Waals surface area contributed by atoms with E-state index in [1.165, 1.54) is 24.5 Å². The van der Waals surface area contributed by atoms with Crippen LogP contribution in [-0.4, -0.2) is 17.0 Å². The lowest BCUT2D eigenvalue weighted by Crippen LogP contribution is -2.02. The topological polar surface area (TPSA) is 98.3 Å². The molecule has 0 bridgehead atoms. The summed E-state index contributed by atoms with van der Waals surface area (Å²) in [5.74, 6) is 0.263. The highest BCUT2D eigenvalue weighted by Crippen LogP contribution is 2.39.